The van der Waals surface area contributed by atoms with Gasteiger partial charge >= 0.3 is 0 Å². The van der Waals surface area contributed by atoms with Crippen molar-refractivity contribution < 1.29 is 19.1 Å². The summed E-state index contributed by atoms with van der Waals surface area (Å²) in [6.45, 7) is 8.90. The first kappa shape index (κ1) is 24.4. The Kier molecular flexibility index (Phi) is 9.88. The Balaban J connectivity index is 1.72. The predicted octanol–water partition coefficient (Wildman–Crippen LogP) is 3.24. The molecule has 1 fully saturated rings. The number of rotatable bonds is 10. The van der Waals surface area contributed by atoms with Crippen LogP contribution < -0.4 is 15.4 Å². The number of nitrogens with zero attached hydrogens (tertiary/aromatic N) is 1. The number of carbonyl (C=O) groups excluding carboxylic acids is 2. The smallest absolute Gasteiger partial charge is 0.238 e. The van der Waals surface area contributed by atoms with E-state index in [9.17, 15) is 9.59 Å². The molecular formula is C22H34ClN3O4. The number of likely N-dealkylation sites (tertiary alicyclic amines) is 1. The largest absolute Gasteiger partial charge is 0.495 e. The van der Waals surface area contributed by atoms with E-state index in [-0.39, 0.29) is 30.4 Å². The topological polar surface area (TPSA) is 79.9 Å². The van der Waals surface area contributed by atoms with Gasteiger partial charge in [-0.15, -0.1) is 0 Å². The summed E-state index contributed by atoms with van der Waals surface area (Å²) >= 11 is 6.12. The highest BCUT2D eigenvalue weighted by atomic mass is 35.5. The van der Waals surface area contributed by atoms with Gasteiger partial charge in [0.1, 0.15) is 5.75 Å². The lowest BCUT2D eigenvalue weighted by molar-refractivity contribution is -0.126. The third kappa shape index (κ3) is 7.78. The summed E-state index contributed by atoms with van der Waals surface area (Å²) in [5, 5.41) is 6.49. The zero-order chi connectivity index (χ0) is 22.1. The minimum absolute atomic E-state index is 0.00865. The molecule has 1 aromatic carbocycles. The van der Waals surface area contributed by atoms with Crippen molar-refractivity contribution in [1.29, 1.82) is 0 Å². The maximum absolute atomic E-state index is 12.5. The minimum atomic E-state index is -0.108. The SMILES string of the molecule is COc1cc(Cl)c(C)cc1NC(=O)CN1CCC(C(=O)NCCCOC(C)C)CC1. The second-order valence-electron chi connectivity index (χ2n) is 7.96. The number of methoxy groups -OCH3 is 1. The summed E-state index contributed by atoms with van der Waals surface area (Å²) in [6.07, 6.45) is 2.54. The molecule has 30 heavy (non-hydrogen) atoms. The number of hydrogen-bond acceptors (Lipinski definition) is 5. The first-order valence-corrected chi connectivity index (χ1v) is 10.9. The van der Waals surface area contributed by atoms with Crippen LogP contribution in [-0.4, -0.2) is 62.7 Å². The maximum atomic E-state index is 12.5. The Morgan fingerprint density at radius 2 is 1.97 bits per heavy atom. The molecule has 2 amide bonds. The molecule has 1 aromatic rings. The van der Waals surface area contributed by atoms with Gasteiger partial charge in [-0.2, -0.15) is 0 Å². The van der Waals surface area contributed by atoms with E-state index in [1.165, 1.54) is 0 Å². The fraction of sp³-hybridized carbons (Fsp3) is 0.636. The first-order valence-electron chi connectivity index (χ1n) is 10.6. The van der Waals surface area contributed by atoms with Crippen LogP contribution in [0, 0.1) is 12.8 Å². The molecule has 0 atom stereocenters. The number of hydrogen-bond donors (Lipinski definition) is 2. The fourth-order valence-electron chi connectivity index (χ4n) is 3.42. The van der Waals surface area contributed by atoms with E-state index in [1.807, 2.05) is 26.8 Å². The van der Waals surface area contributed by atoms with E-state index < -0.39 is 0 Å². The molecule has 1 heterocycles. The van der Waals surface area contributed by atoms with E-state index in [1.54, 1.807) is 13.2 Å². The molecule has 2 N–H and O–H groups in total. The van der Waals surface area contributed by atoms with Crippen LogP contribution in [0.3, 0.4) is 0 Å². The van der Waals surface area contributed by atoms with Crippen LogP contribution in [0.2, 0.25) is 5.02 Å². The zero-order valence-corrected chi connectivity index (χ0v) is 19.2. The fourth-order valence-corrected chi connectivity index (χ4v) is 3.58. The summed E-state index contributed by atoms with van der Waals surface area (Å²) in [4.78, 5) is 26.9. The van der Waals surface area contributed by atoms with Crippen molar-refractivity contribution in [3.05, 3.63) is 22.7 Å². The summed E-state index contributed by atoms with van der Waals surface area (Å²) < 4.78 is 10.8. The number of aryl methyl sites for hydroxylation is 1. The standard InChI is InChI=1S/C22H34ClN3O4/c1-15(2)30-11-5-8-24-22(28)17-6-9-26(10-7-17)14-21(27)25-19-12-16(3)18(23)13-20(19)29-4/h12-13,15,17H,5-11,14H2,1-4H3,(H,24,28)(H,25,27). The third-order valence-corrected chi connectivity index (χ3v) is 5.56. The lowest BCUT2D eigenvalue weighted by atomic mass is 9.96. The van der Waals surface area contributed by atoms with Gasteiger partial charge in [0.25, 0.3) is 0 Å². The molecule has 0 aromatic heterocycles. The Morgan fingerprint density at radius 3 is 2.60 bits per heavy atom. The number of benzene rings is 1. The van der Waals surface area contributed by atoms with Crippen molar-refractivity contribution in [1.82, 2.24) is 10.2 Å². The molecule has 1 aliphatic heterocycles. The van der Waals surface area contributed by atoms with Crippen LogP contribution >= 0.6 is 11.6 Å². The first-order chi connectivity index (χ1) is 14.3. The van der Waals surface area contributed by atoms with E-state index in [2.05, 4.69) is 15.5 Å². The lowest BCUT2D eigenvalue weighted by Crippen LogP contribution is -2.43. The van der Waals surface area contributed by atoms with Gasteiger partial charge in [-0.3, -0.25) is 14.5 Å². The summed E-state index contributed by atoms with van der Waals surface area (Å²) in [7, 11) is 1.55. The summed E-state index contributed by atoms with van der Waals surface area (Å²) in [5.74, 6) is 0.538. The zero-order valence-electron chi connectivity index (χ0n) is 18.4. The van der Waals surface area contributed by atoms with Crippen LogP contribution in [0.5, 0.6) is 5.75 Å². The normalized spacial score (nSPS) is 15.3. The molecule has 0 aliphatic carbocycles. The van der Waals surface area contributed by atoms with Crippen molar-refractivity contribution in [2.24, 2.45) is 5.92 Å². The van der Waals surface area contributed by atoms with E-state index in [4.69, 9.17) is 21.1 Å². The second kappa shape index (κ2) is 12.1. The molecule has 0 spiro atoms. The molecule has 8 heteroatoms. The Morgan fingerprint density at radius 1 is 1.27 bits per heavy atom. The number of anilines is 1. The van der Waals surface area contributed by atoms with E-state index in [0.29, 0.717) is 29.6 Å². The highest BCUT2D eigenvalue weighted by Crippen LogP contribution is 2.31. The van der Waals surface area contributed by atoms with Gasteiger partial charge in [-0.1, -0.05) is 11.6 Å². The number of halogens is 1. The van der Waals surface area contributed by atoms with Gasteiger partial charge in [0.15, 0.2) is 0 Å². The number of piperidine rings is 1. The van der Waals surface area contributed by atoms with Gasteiger partial charge in [0.2, 0.25) is 11.8 Å². The molecule has 0 unspecified atom stereocenters. The van der Waals surface area contributed by atoms with Crippen LogP contribution in [0.1, 0.15) is 38.7 Å². The Hall–Kier alpha value is -1.83. The molecule has 0 saturated carbocycles. The summed E-state index contributed by atoms with van der Waals surface area (Å²) in [5.41, 5.74) is 1.48. The van der Waals surface area contributed by atoms with Gasteiger partial charge in [0, 0.05) is 30.2 Å². The highest BCUT2D eigenvalue weighted by molar-refractivity contribution is 6.31. The number of carbonyl (C=O) groups is 2. The second-order valence-corrected chi connectivity index (χ2v) is 8.37. The predicted molar refractivity (Wildman–Crippen MR) is 119 cm³/mol. The summed E-state index contributed by atoms with van der Waals surface area (Å²) in [6, 6.07) is 3.51. The van der Waals surface area contributed by atoms with Gasteiger partial charge in [0.05, 0.1) is 25.4 Å². The molecule has 2 rings (SSSR count). The van der Waals surface area contributed by atoms with Crippen molar-refractivity contribution in [3.63, 3.8) is 0 Å². The molecule has 1 saturated heterocycles. The molecular weight excluding hydrogens is 406 g/mol. The van der Waals surface area contributed by atoms with Crippen molar-refractivity contribution in [3.8, 4) is 5.75 Å². The monoisotopic (exact) mass is 439 g/mol. The Bertz CT molecular complexity index is 719. The average Bonchev–Trinajstić information content (AvgIpc) is 2.70. The average molecular weight is 440 g/mol. The lowest BCUT2D eigenvalue weighted by Gasteiger charge is -2.30. The van der Waals surface area contributed by atoms with Crippen molar-refractivity contribution >= 4 is 29.1 Å². The van der Waals surface area contributed by atoms with Crippen LogP contribution in [0.4, 0.5) is 5.69 Å². The number of amides is 2. The molecule has 1 aliphatic rings. The quantitative estimate of drug-likeness (QED) is 0.547. The number of nitrogens with one attached hydrogen (secondary N) is 2. The third-order valence-electron chi connectivity index (χ3n) is 5.15. The molecule has 0 radical (unpaired) electrons. The van der Waals surface area contributed by atoms with Crippen LogP contribution in [-0.2, 0) is 14.3 Å². The number of ether oxygens (including phenoxy) is 2. The molecule has 0 bridgehead atoms. The van der Waals surface area contributed by atoms with E-state index >= 15 is 0 Å². The minimum Gasteiger partial charge on any atom is -0.495 e. The van der Waals surface area contributed by atoms with Crippen molar-refractivity contribution in [2.75, 3.05) is 45.2 Å². The Labute approximate surface area is 184 Å². The molecule has 7 nitrogen and oxygen atoms in total. The van der Waals surface area contributed by atoms with Crippen molar-refractivity contribution in [2.45, 2.75) is 46.1 Å². The van der Waals surface area contributed by atoms with Gasteiger partial charge < -0.3 is 20.1 Å². The van der Waals surface area contributed by atoms with Gasteiger partial charge in [-0.25, -0.2) is 0 Å². The van der Waals surface area contributed by atoms with Crippen LogP contribution in [0.15, 0.2) is 12.1 Å². The molecule has 168 valence electrons. The highest BCUT2D eigenvalue weighted by Gasteiger charge is 2.26. The van der Waals surface area contributed by atoms with E-state index in [0.717, 1.165) is 37.9 Å². The van der Waals surface area contributed by atoms with Crippen LogP contribution in [0.25, 0.3) is 0 Å². The van der Waals surface area contributed by atoms with Gasteiger partial charge in [-0.05, 0) is 64.8 Å². The maximum Gasteiger partial charge on any atom is 0.238 e.